The molecule has 0 radical (unpaired) electrons. The molecule has 0 atom stereocenters. The van der Waals surface area contributed by atoms with Crippen LogP contribution in [-0.2, 0) is 11.8 Å². The summed E-state index contributed by atoms with van der Waals surface area (Å²) in [6.45, 7) is 4.00. The summed E-state index contributed by atoms with van der Waals surface area (Å²) >= 11 is 1.35. The van der Waals surface area contributed by atoms with Gasteiger partial charge in [-0.1, -0.05) is 39.5 Å². The molecule has 1 aromatic carbocycles. The lowest BCUT2D eigenvalue weighted by Gasteiger charge is -1.81. The topological polar surface area (TPSA) is 0 Å². The first kappa shape index (κ1) is 13.2. The van der Waals surface area contributed by atoms with Crippen molar-refractivity contribution in [2.24, 2.45) is 0 Å². The molecule has 64 valence electrons. The highest BCUT2D eigenvalue weighted by atomic mass is 32.2. The second kappa shape index (κ2) is 9.57. The van der Waals surface area contributed by atoms with Crippen LogP contribution in [0.5, 0.6) is 0 Å². The fourth-order valence-electron chi connectivity index (χ4n) is 0.577. The standard InChI is InChI=1S/C7H8S.C2H6.CH4/c1-8-7-5-3-2-4-6-7;1-2;/h2-6H,1H3;1-2H3;1H4/p+1. The van der Waals surface area contributed by atoms with Crippen molar-refractivity contribution in [3.8, 4) is 0 Å². The van der Waals surface area contributed by atoms with Crippen molar-refractivity contribution in [2.45, 2.75) is 26.2 Å². The normalized spacial score (nSPS) is 7.18. The average Bonchev–Trinajstić information content (AvgIpc) is 2.10. The van der Waals surface area contributed by atoms with Gasteiger partial charge in [0.05, 0.1) is 0 Å². The molecule has 1 aromatic rings. The zero-order valence-corrected chi connectivity index (χ0v) is 7.73. The number of benzene rings is 1. The highest BCUT2D eigenvalue weighted by molar-refractivity contribution is 7.77. The quantitative estimate of drug-likeness (QED) is 0.450. The molecule has 0 amide bonds. The van der Waals surface area contributed by atoms with Gasteiger partial charge in [-0.25, -0.2) is 0 Å². The molecular formula is C10H19S+. The van der Waals surface area contributed by atoms with Crippen molar-refractivity contribution in [3.63, 3.8) is 0 Å². The zero-order valence-electron chi connectivity index (χ0n) is 6.83. The smallest absolute Gasteiger partial charge is 0.0776 e. The third-order valence-corrected chi connectivity index (χ3v) is 1.83. The predicted molar refractivity (Wildman–Crippen MR) is 57.5 cm³/mol. The second-order valence-electron chi connectivity index (χ2n) is 1.56. The van der Waals surface area contributed by atoms with Crippen molar-refractivity contribution >= 4 is 11.8 Å². The first-order valence-corrected chi connectivity index (χ1v) is 4.92. The van der Waals surface area contributed by atoms with Gasteiger partial charge in [0.1, 0.15) is 6.26 Å². The molecule has 0 heterocycles. The first-order valence-electron chi connectivity index (χ1n) is 3.58. The summed E-state index contributed by atoms with van der Waals surface area (Å²) in [5, 5.41) is 0. The molecule has 0 spiro atoms. The summed E-state index contributed by atoms with van der Waals surface area (Å²) in [7, 11) is 0. The van der Waals surface area contributed by atoms with E-state index in [1.807, 2.05) is 19.9 Å². The van der Waals surface area contributed by atoms with Gasteiger partial charge in [-0.3, -0.25) is 0 Å². The highest BCUT2D eigenvalue weighted by Gasteiger charge is 1.89. The molecule has 0 nitrogen and oxygen atoms in total. The third kappa shape index (κ3) is 5.99. The number of hydrogen-bond donors (Lipinski definition) is 0. The summed E-state index contributed by atoms with van der Waals surface area (Å²) in [6.07, 6.45) is 2.13. The van der Waals surface area contributed by atoms with Crippen molar-refractivity contribution < 1.29 is 0 Å². The van der Waals surface area contributed by atoms with Gasteiger partial charge in [-0.15, -0.1) is 0 Å². The fourth-order valence-corrected chi connectivity index (χ4v) is 1.05. The van der Waals surface area contributed by atoms with Crippen molar-refractivity contribution in [3.05, 3.63) is 30.3 Å². The Hall–Kier alpha value is -0.430. The molecule has 0 saturated carbocycles. The van der Waals surface area contributed by atoms with Gasteiger partial charge in [0, 0.05) is 11.8 Å². The van der Waals surface area contributed by atoms with E-state index in [1.165, 1.54) is 16.7 Å². The minimum absolute atomic E-state index is 0. The Balaban J connectivity index is 0. The van der Waals surface area contributed by atoms with Crippen molar-refractivity contribution in [1.82, 2.24) is 0 Å². The molecular weight excluding hydrogens is 152 g/mol. The van der Waals surface area contributed by atoms with Crippen LogP contribution in [0.2, 0.25) is 0 Å². The highest BCUT2D eigenvalue weighted by Crippen LogP contribution is 1.97. The second-order valence-corrected chi connectivity index (χ2v) is 2.52. The lowest BCUT2D eigenvalue weighted by atomic mass is 10.4. The molecule has 0 unspecified atom stereocenters. The van der Waals surface area contributed by atoms with Gasteiger partial charge in [0.2, 0.25) is 0 Å². The van der Waals surface area contributed by atoms with E-state index in [2.05, 4.69) is 30.5 Å². The monoisotopic (exact) mass is 171 g/mol. The number of rotatable bonds is 1. The molecule has 11 heavy (non-hydrogen) atoms. The van der Waals surface area contributed by atoms with Crippen LogP contribution in [-0.4, -0.2) is 6.26 Å². The Kier molecular flexibility index (Phi) is 11.5. The van der Waals surface area contributed by atoms with Crippen molar-refractivity contribution in [2.75, 3.05) is 6.26 Å². The van der Waals surface area contributed by atoms with Gasteiger partial charge in [-0.2, -0.15) is 0 Å². The first-order chi connectivity index (χ1) is 4.93. The van der Waals surface area contributed by atoms with Gasteiger partial charge in [0.15, 0.2) is 4.90 Å². The lowest BCUT2D eigenvalue weighted by molar-refractivity contribution is 1.47. The minimum Gasteiger partial charge on any atom is -0.0776 e. The van der Waals surface area contributed by atoms with Gasteiger partial charge in [-0.05, 0) is 12.1 Å². The Morgan fingerprint density at radius 3 is 1.73 bits per heavy atom. The Bertz CT molecular complexity index is 146. The summed E-state index contributed by atoms with van der Waals surface area (Å²) in [5.41, 5.74) is 0. The summed E-state index contributed by atoms with van der Waals surface area (Å²) in [6, 6.07) is 10.4. The van der Waals surface area contributed by atoms with Crippen LogP contribution in [0.15, 0.2) is 35.2 Å². The third-order valence-electron chi connectivity index (χ3n) is 1.01. The predicted octanol–water partition coefficient (Wildman–Crippen LogP) is 3.15. The van der Waals surface area contributed by atoms with E-state index in [0.717, 1.165) is 0 Å². The van der Waals surface area contributed by atoms with E-state index >= 15 is 0 Å². The van der Waals surface area contributed by atoms with E-state index in [0.29, 0.717) is 0 Å². The molecule has 0 N–H and O–H groups in total. The van der Waals surface area contributed by atoms with Crippen LogP contribution < -0.4 is 0 Å². The number of thiol groups is 1. The minimum atomic E-state index is 0. The van der Waals surface area contributed by atoms with Crippen LogP contribution in [0, 0.1) is 0 Å². The maximum Gasteiger partial charge on any atom is 0.152 e. The van der Waals surface area contributed by atoms with Crippen LogP contribution in [0.4, 0.5) is 0 Å². The van der Waals surface area contributed by atoms with E-state index < -0.39 is 0 Å². The molecule has 0 fully saturated rings. The molecule has 0 aromatic heterocycles. The maximum atomic E-state index is 2.13. The van der Waals surface area contributed by atoms with Crippen molar-refractivity contribution in [1.29, 1.82) is 0 Å². The van der Waals surface area contributed by atoms with Gasteiger partial charge < -0.3 is 0 Å². The summed E-state index contributed by atoms with van der Waals surface area (Å²) < 4.78 is 0. The Labute approximate surface area is 75.0 Å². The summed E-state index contributed by atoms with van der Waals surface area (Å²) in [4.78, 5) is 1.38. The average molecular weight is 171 g/mol. The van der Waals surface area contributed by atoms with Crippen LogP contribution in [0.25, 0.3) is 0 Å². The maximum absolute atomic E-state index is 2.13. The van der Waals surface area contributed by atoms with E-state index in [4.69, 9.17) is 0 Å². The largest absolute Gasteiger partial charge is 0.152 e. The molecule has 0 aliphatic carbocycles. The molecule has 0 aliphatic rings. The lowest BCUT2D eigenvalue weighted by Crippen LogP contribution is -1.73. The molecule has 1 heteroatoms. The molecule has 0 bridgehead atoms. The van der Waals surface area contributed by atoms with Crippen LogP contribution >= 0.6 is 0 Å². The fraction of sp³-hybridized carbons (Fsp3) is 0.400. The number of hydrogen-bond acceptors (Lipinski definition) is 0. The van der Waals surface area contributed by atoms with E-state index in [9.17, 15) is 0 Å². The van der Waals surface area contributed by atoms with Crippen LogP contribution in [0.1, 0.15) is 21.3 Å². The van der Waals surface area contributed by atoms with Gasteiger partial charge >= 0.3 is 0 Å². The van der Waals surface area contributed by atoms with E-state index in [1.54, 1.807) is 0 Å². The SMILES string of the molecule is C.CC.C[SH+]c1ccccc1. The Morgan fingerprint density at radius 1 is 1.00 bits per heavy atom. The molecule has 0 aliphatic heterocycles. The zero-order chi connectivity index (χ0) is 7.82. The van der Waals surface area contributed by atoms with Gasteiger partial charge in [0.25, 0.3) is 0 Å². The van der Waals surface area contributed by atoms with Crippen LogP contribution in [0.3, 0.4) is 0 Å². The van der Waals surface area contributed by atoms with E-state index in [-0.39, 0.29) is 7.43 Å². The molecule has 0 saturated heterocycles. The molecule has 1 rings (SSSR count). The summed E-state index contributed by atoms with van der Waals surface area (Å²) in [5.74, 6) is 0. The Morgan fingerprint density at radius 2 is 1.45 bits per heavy atom.